The van der Waals surface area contributed by atoms with E-state index in [1.807, 2.05) is 42.5 Å². The quantitative estimate of drug-likeness (QED) is 0.598. The van der Waals surface area contributed by atoms with Crippen molar-refractivity contribution in [2.24, 2.45) is 0 Å². The Labute approximate surface area is 157 Å². The van der Waals surface area contributed by atoms with Crippen LogP contribution in [0, 0.1) is 0 Å². The predicted molar refractivity (Wildman–Crippen MR) is 103 cm³/mol. The maximum atomic E-state index is 12.4. The van der Waals surface area contributed by atoms with Gasteiger partial charge < -0.3 is 15.4 Å². The fourth-order valence-electron chi connectivity index (χ4n) is 2.42. The number of benzene rings is 1. The molecule has 1 amide bonds. The lowest BCUT2D eigenvalue weighted by Crippen LogP contribution is -2.28. The van der Waals surface area contributed by atoms with Crippen molar-refractivity contribution in [3.63, 3.8) is 0 Å². The van der Waals surface area contributed by atoms with E-state index in [1.54, 1.807) is 25.6 Å². The second-order valence-electron chi connectivity index (χ2n) is 5.79. The van der Waals surface area contributed by atoms with Crippen molar-refractivity contribution in [1.82, 2.24) is 20.3 Å². The maximum Gasteiger partial charge on any atom is 0.270 e. The van der Waals surface area contributed by atoms with Crippen molar-refractivity contribution >= 4 is 11.7 Å². The van der Waals surface area contributed by atoms with Crippen molar-refractivity contribution in [1.29, 1.82) is 0 Å². The number of hydrogen-bond donors (Lipinski definition) is 2. The van der Waals surface area contributed by atoms with Gasteiger partial charge in [-0.1, -0.05) is 36.4 Å². The highest BCUT2D eigenvalue weighted by Gasteiger charge is 2.13. The number of nitrogens with one attached hydrogen (secondary N) is 2. The molecule has 2 aromatic heterocycles. The molecule has 2 N–H and O–H groups in total. The Morgan fingerprint density at radius 1 is 1.11 bits per heavy atom. The molecule has 0 aliphatic heterocycles. The third-order valence-corrected chi connectivity index (χ3v) is 3.78. The van der Waals surface area contributed by atoms with Crippen molar-refractivity contribution in [3.05, 3.63) is 72.2 Å². The van der Waals surface area contributed by atoms with Crippen LogP contribution in [0.25, 0.3) is 11.4 Å². The van der Waals surface area contributed by atoms with Gasteiger partial charge in [0, 0.05) is 44.2 Å². The molecule has 3 aromatic rings. The zero-order valence-electron chi connectivity index (χ0n) is 15.1. The Hall–Kier alpha value is -3.32. The van der Waals surface area contributed by atoms with Crippen LogP contribution in [0.1, 0.15) is 16.1 Å². The number of methoxy groups -OCH3 is 1. The molecule has 0 atom stereocenters. The Morgan fingerprint density at radius 3 is 2.70 bits per heavy atom. The molecule has 0 aliphatic carbocycles. The van der Waals surface area contributed by atoms with Crippen LogP contribution in [0.3, 0.4) is 0 Å². The summed E-state index contributed by atoms with van der Waals surface area (Å²) in [5.41, 5.74) is 2.16. The molecule has 138 valence electrons. The first-order valence-electron chi connectivity index (χ1n) is 8.60. The highest BCUT2D eigenvalue weighted by molar-refractivity contribution is 5.93. The van der Waals surface area contributed by atoms with Gasteiger partial charge in [0.1, 0.15) is 11.5 Å². The number of rotatable bonds is 8. The highest BCUT2D eigenvalue weighted by Crippen LogP contribution is 2.18. The van der Waals surface area contributed by atoms with E-state index in [4.69, 9.17) is 4.74 Å². The fourth-order valence-corrected chi connectivity index (χ4v) is 2.42. The minimum Gasteiger partial charge on any atom is -0.383 e. The summed E-state index contributed by atoms with van der Waals surface area (Å²) in [6, 6.07) is 15.1. The van der Waals surface area contributed by atoms with E-state index in [9.17, 15) is 4.79 Å². The zero-order chi connectivity index (χ0) is 18.9. The molecule has 0 bridgehead atoms. The zero-order valence-corrected chi connectivity index (χ0v) is 15.1. The summed E-state index contributed by atoms with van der Waals surface area (Å²) in [4.78, 5) is 25.5. The number of amides is 1. The monoisotopic (exact) mass is 363 g/mol. The Bertz CT molecular complexity index is 872. The lowest BCUT2D eigenvalue weighted by Gasteiger charge is -2.10. The first-order valence-corrected chi connectivity index (χ1v) is 8.60. The van der Waals surface area contributed by atoms with Gasteiger partial charge in [-0.25, -0.2) is 9.97 Å². The van der Waals surface area contributed by atoms with E-state index in [0.29, 0.717) is 37.0 Å². The van der Waals surface area contributed by atoms with Crippen molar-refractivity contribution in [3.8, 4) is 11.4 Å². The molecular formula is C20H21N5O2. The molecule has 7 nitrogen and oxygen atoms in total. The average molecular weight is 363 g/mol. The molecule has 0 saturated carbocycles. The van der Waals surface area contributed by atoms with Crippen LogP contribution >= 0.6 is 0 Å². The van der Waals surface area contributed by atoms with Gasteiger partial charge in [-0.3, -0.25) is 9.78 Å². The SMILES string of the molecule is COCCNC(=O)c1cc(NCc2cccnc2)nc(-c2ccccc2)n1. The number of aromatic nitrogens is 3. The smallest absolute Gasteiger partial charge is 0.270 e. The van der Waals surface area contributed by atoms with E-state index in [-0.39, 0.29) is 5.91 Å². The van der Waals surface area contributed by atoms with Crippen LogP contribution in [-0.4, -0.2) is 41.1 Å². The van der Waals surface area contributed by atoms with Gasteiger partial charge in [-0.15, -0.1) is 0 Å². The molecule has 2 heterocycles. The molecular weight excluding hydrogens is 342 g/mol. The summed E-state index contributed by atoms with van der Waals surface area (Å²) in [5.74, 6) is 0.796. The number of ether oxygens (including phenoxy) is 1. The van der Waals surface area contributed by atoms with Gasteiger partial charge in [-0.05, 0) is 11.6 Å². The van der Waals surface area contributed by atoms with Gasteiger partial charge in [0.25, 0.3) is 5.91 Å². The number of carbonyl (C=O) groups is 1. The fraction of sp³-hybridized carbons (Fsp3) is 0.200. The molecule has 3 rings (SSSR count). The van der Waals surface area contributed by atoms with Crippen molar-refractivity contribution < 1.29 is 9.53 Å². The van der Waals surface area contributed by atoms with Gasteiger partial charge in [-0.2, -0.15) is 0 Å². The number of hydrogen-bond acceptors (Lipinski definition) is 6. The molecule has 0 unspecified atom stereocenters. The summed E-state index contributed by atoms with van der Waals surface area (Å²) in [5, 5.41) is 6.03. The Morgan fingerprint density at radius 2 is 1.96 bits per heavy atom. The largest absolute Gasteiger partial charge is 0.383 e. The van der Waals surface area contributed by atoms with Crippen LogP contribution in [0.15, 0.2) is 60.9 Å². The molecule has 1 aromatic carbocycles. The first kappa shape index (κ1) is 18.5. The number of pyridine rings is 1. The van der Waals surface area contributed by atoms with Crippen molar-refractivity contribution in [2.45, 2.75) is 6.54 Å². The van der Waals surface area contributed by atoms with Gasteiger partial charge >= 0.3 is 0 Å². The minimum atomic E-state index is -0.268. The predicted octanol–water partition coefficient (Wildman–Crippen LogP) is 2.53. The summed E-state index contributed by atoms with van der Waals surface area (Å²) >= 11 is 0. The van der Waals surface area contributed by atoms with E-state index in [2.05, 4.69) is 25.6 Å². The molecule has 0 fully saturated rings. The van der Waals surface area contributed by atoms with Gasteiger partial charge in [0.2, 0.25) is 0 Å². The molecule has 0 spiro atoms. The molecule has 0 radical (unpaired) electrons. The second-order valence-corrected chi connectivity index (χ2v) is 5.79. The second kappa shape index (κ2) is 9.40. The van der Waals surface area contributed by atoms with Crippen LogP contribution in [0.5, 0.6) is 0 Å². The Kier molecular flexibility index (Phi) is 6.43. The average Bonchev–Trinajstić information content (AvgIpc) is 2.73. The Balaban J connectivity index is 1.84. The van der Waals surface area contributed by atoms with E-state index < -0.39 is 0 Å². The molecule has 0 aliphatic rings. The van der Waals surface area contributed by atoms with E-state index in [1.165, 1.54) is 0 Å². The van der Waals surface area contributed by atoms with Gasteiger partial charge in [0.15, 0.2) is 5.82 Å². The minimum absolute atomic E-state index is 0.268. The summed E-state index contributed by atoms with van der Waals surface area (Å²) in [7, 11) is 1.59. The highest BCUT2D eigenvalue weighted by atomic mass is 16.5. The number of carbonyl (C=O) groups excluding carboxylic acids is 1. The van der Waals surface area contributed by atoms with Crippen LogP contribution in [0.4, 0.5) is 5.82 Å². The summed E-state index contributed by atoms with van der Waals surface area (Å²) in [6.45, 7) is 1.40. The van der Waals surface area contributed by atoms with E-state index >= 15 is 0 Å². The number of nitrogens with zero attached hydrogens (tertiary/aromatic N) is 3. The summed E-state index contributed by atoms with van der Waals surface area (Å²) in [6.07, 6.45) is 3.51. The first-order chi connectivity index (χ1) is 13.3. The lowest BCUT2D eigenvalue weighted by molar-refractivity contribution is 0.0932. The normalized spacial score (nSPS) is 10.4. The van der Waals surface area contributed by atoms with Crippen LogP contribution < -0.4 is 10.6 Å². The van der Waals surface area contributed by atoms with Crippen molar-refractivity contribution in [2.75, 3.05) is 25.6 Å². The maximum absolute atomic E-state index is 12.4. The van der Waals surface area contributed by atoms with Gasteiger partial charge in [0.05, 0.1) is 6.61 Å². The van der Waals surface area contributed by atoms with Crippen LogP contribution in [0.2, 0.25) is 0 Å². The van der Waals surface area contributed by atoms with Crippen LogP contribution in [-0.2, 0) is 11.3 Å². The number of anilines is 1. The van der Waals surface area contributed by atoms with E-state index in [0.717, 1.165) is 11.1 Å². The standard InChI is InChI=1S/C20H21N5O2/c1-27-11-10-22-20(26)17-12-18(23-14-15-6-5-9-21-13-15)25-19(24-17)16-7-3-2-4-8-16/h2-9,12-13H,10-11,14H2,1H3,(H,22,26)(H,23,24,25). The third-order valence-electron chi connectivity index (χ3n) is 3.78. The summed E-state index contributed by atoms with van der Waals surface area (Å²) < 4.78 is 4.97. The molecule has 27 heavy (non-hydrogen) atoms. The topological polar surface area (TPSA) is 89.0 Å². The molecule has 0 saturated heterocycles. The lowest BCUT2D eigenvalue weighted by atomic mass is 10.2. The third kappa shape index (κ3) is 5.32. The molecule has 7 heteroatoms.